The molecule has 0 heterocycles. The normalized spacial score (nSPS) is 44.6. The molecule has 17 heavy (non-hydrogen) atoms. The molecule has 0 aromatic heterocycles. The topological polar surface area (TPSA) is 77.3 Å². The highest BCUT2D eigenvalue weighted by molar-refractivity contribution is 6.41. The Morgan fingerprint density at radius 1 is 1.06 bits per heavy atom. The minimum atomic E-state index is -0.616. The fraction of sp³-hybridized carbons (Fsp3) is 0.833. The van der Waals surface area contributed by atoms with Gasteiger partial charge in [-0.05, 0) is 24.7 Å². The highest BCUT2D eigenvalue weighted by Crippen LogP contribution is 2.52. The number of Topliss-reactive ketones (excluding diaryl/α,β-unsaturated/α-hetero) is 2. The average molecular weight is 237 g/mol. The van der Waals surface area contributed by atoms with Crippen molar-refractivity contribution < 1.29 is 14.5 Å². The Morgan fingerprint density at radius 2 is 1.76 bits per heavy atom. The monoisotopic (exact) mass is 237 g/mol. The van der Waals surface area contributed by atoms with Gasteiger partial charge in [-0.2, -0.15) is 0 Å². The van der Waals surface area contributed by atoms with Crippen molar-refractivity contribution in [2.45, 2.75) is 38.1 Å². The van der Waals surface area contributed by atoms with Crippen LogP contribution in [0.4, 0.5) is 0 Å². The molecule has 3 saturated carbocycles. The second-order valence-corrected chi connectivity index (χ2v) is 5.62. The zero-order valence-corrected chi connectivity index (χ0v) is 9.50. The lowest BCUT2D eigenvalue weighted by atomic mass is 9.63. The number of nitro groups is 1. The molecule has 3 aliphatic carbocycles. The Bertz CT molecular complexity index is 405. The molecule has 92 valence electrons. The Balaban J connectivity index is 1.93. The predicted molar refractivity (Wildman–Crippen MR) is 57.8 cm³/mol. The average Bonchev–Trinajstić information content (AvgIpc) is 2.57. The minimum absolute atomic E-state index is 0.112. The lowest BCUT2D eigenvalue weighted by molar-refractivity contribution is -0.530. The van der Waals surface area contributed by atoms with E-state index in [1.54, 1.807) is 0 Å². The summed E-state index contributed by atoms with van der Waals surface area (Å²) in [6.45, 7) is 0. The van der Waals surface area contributed by atoms with Crippen molar-refractivity contribution in [1.29, 1.82) is 0 Å². The Kier molecular flexibility index (Phi) is 2.31. The number of nitrogens with zero attached hydrogens (tertiary/aromatic N) is 1. The van der Waals surface area contributed by atoms with Crippen LogP contribution in [0.5, 0.6) is 0 Å². The number of carbonyl (C=O) groups excluding carboxylic acids is 2. The molecule has 0 radical (unpaired) electrons. The van der Waals surface area contributed by atoms with Gasteiger partial charge in [0.25, 0.3) is 0 Å². The second-order valence-electron chi connectivity index (χ2n) is 5.62. The number of hydrogen-bond donors (Lipinski definition) is 0. The van der Waals surface area contributed by atoms with Gasteiger partial charge in [0.15, 0.2) is 0 Å². The molecule has 0 amide bonds. The van der Waals surface area contributed by atoms with Gasteiger partial charge >= 0.3 is 0 Å². The molecule has 5 unspecified atom stereocenters. The van der Waals surface area contributed by atoms with E-state index in [4.69, 9.17) is 0 Å². The van der Waals surface area contributed by atoms with E-state index < -0.39 is 6.04 Å². The van der Waals surface area contributed by atoms with Crippen LogP contribution in [0, 0.1) is 33.8 Å². The third kappa shape index (κ3) is 1.44. The lowest BCUT2D eigenvalue weighted by Crippen LogP contribution is -2.41. The van der Waals surface area contributed by atoms with E-state index in [-0.39, 0.29) is 46.6 Å². The Morgan fingerprint density at radius 3 is 2.47 bits per heavy atom. The first-order valence-corrected chi connectivity index (χ1v) is 6.31. The maximum absolute atomic E-state index is 11.9. The van der Waals surface area contributed by atoms with Crippen molar-refractivity contribution in [2.24, 2.45) is 23.7 Å². The summed E-state index contributed by atoms with van der Waals surface area (Å²) >= 11 is 0. The number of carbonyl (C=O) groups is 2. The molecule has 5 atom stereocenters. The molecule has 0 aromatic carbocycles. The maximum atomic E-state index is 11.9. The summed E-state index contributed by atoms with van der Waals surface area (Å²) in [5, 5.41) is 10.9. The van der Waals surface area contributed by atoms with Gasteiger partial charge in [0.2, 0.25) is 17.6 Å². The third-order valence-corrected chi connectivity index (χ3v) is 4.88. The van der Waals surface area contributed by atoms with Crippen LogP contribution in [0.2, 0.25) is 0 Å². The molecule has 3 fully saturated rings. The first-order valence-electron chi connectivity index (χ1n) is 6.31. The van der Waals surface area contributed by atoms with Crippen molar-refractivity contribution in [1.82, 2.24) is 0 Å². The van der Waals surface area contributed by atoms with Crippen LogP contribution in [-0.4, -0.2) is 22.5 Å². The van der Waals surface area contributed by atoms with Gasteiger partial charge in [0.1, 0.15) is 0 Å². The van der Waals surface area contributed by atoms with Crippen LogP contribution in [0.15, 0.2) is 0 Å². The van der Waals surface area contributed by atoms with E-state index in [2.05, 4.69) is 0 Å². The fourth-order valence-electron chi connectivity index (χ4n) is 4.22. The standard InChI is InChI=1S/C12H15NO4/c14-11-8-3-1-2-6-4-7(13(16)17)5-9(10(6)8)12(11)15/h6-10H,1-5H2. The van der Waals surface area contributed by atoms with Gasteiger partial charge in [-0.1, -0.05) is 6.42 Å². The van der Waals surface area contributed by atoms with Crippen LogP contribution in [-0.2, 0) is 9.59 Å². The summed E-state index contributed by atoms with van der Waals surface area (Å²) in [4.78, 5) is 34.4. The van der Waals surface area contributed by atoms with Crippen molar-refractivity contribution in [3.63, 3.8) is 0 Å². The van der Waals surface area contributed by atoms with Gasteiger partial charge in [-0.15, -0.1) is 0 Å². The fourth-order valence-corrected chi connectivity index (χ4v) is 4.22. The summed E-state index contributed by atoms with van der Waals surface area (Å²) in [6.07, 6.45) is 3.54. The van der Waals surface area contributed by atoms with Crippen molar-refractivity contribution in [3.8, 4) is 0 Å². The highest BCUT2D eigenvalue weighted by atomic mass is 16.6. The zero-order valence-electron chi connectivity index (χ0n) is 9.50. The summed E-state index contributed by atoms with van der Waals surface area (Å²) in [6, 6.07) is -0.616. The lowest BCUT2D eigenvalue weighted by Gasteiger charge is -2.39. The second kappa shape index (κ2) is 3.62. The van der Waals surface area contributed by atoms with E-state index in [1.165, 1.54) is 0 Å². The molecule has 0 aliphatic heterocycles. The summed E-state index contributed by atoms with van der Waals surface area (Å²) in [5.74, 6) is -0.675. The number of ketones is 2. The van der Waals surface area contributed by atoms with E-state index >= 15 is 0 Å². The molecular formula is C12H15NO4. The van der Waals surface area contributed by atoms with Crippen molar-refractivity contribution in [3.05, 3.63) is 10.1 Å². The SMILES string of the molecule is O=C1C(=O)C2CC([N+](=O)[O-])CC3CCCC1C32. The molecule has 5 nitrogen and oxygen atoms in total. The molecule has 0 aromatic rings. The summed E-state index contributed by atoms with van der Waals surface area (Å²) in [5.41, 5.74) is 0. The van der Waals surface area contributed by atoms with Gasteiger partial charge in [-0.3, -0.25) is 19.7 Å². The van der Waals surface area contributed by atoms with E-state index in [9.17, 15) is 19.7 Å². The Hall–Kier alpha value is -1.26. The van der Waals surface area contributed by atoms with Gasteiger partial charge < -0.3 is 0 Å². The number of hydrogen-bond acceptors (Lipinski definition) is 4. The molecule has 0 saturated heterocycles. The molecule has 0 N–H and O–H groups in total. The predicted octanol–water partition coefficient (Wildman–Crippen LogP) is 1.23. The first-order chi connectivity index (χ1) is 8.09. The molecule has 3 aliphatic rings. The van der Waals surface area contributed by atoms with E-state index in [1.807, 2.05) is 0 Å². The van der Waals surface area contributed by atoms with Crippen molar-refractivity contribution >= 4 is 11.6 Å². The maximum Gasteiger partial charge on any atom is 0.214 e. The van der Waals surface area contributed by atoms with Crippen molar-refractivity contribution in [2.75, 3.05) is 0 Å². The highest BCUT2D eigenvalue weighted by Gasteiger charge is 2.57. The summed E-state index contributed by atoms with van der Waals surface area (Å²) in [7, 11) is 0. The van der Waals surface area contributed by atoms with Gasteiger partial charge in [0.05, 0.1) is 0 Å². The number of rotatable bonds is 1. The van der Waals surface area contributed by atoms with Crippen LogP contribution in [0.3, 0.4) is 0 Å². The summed E-state index contributed by atoms with van der Waals surface area (Å²) < 4.78 is 0. The smallest absolute Gasteiger partial charge is 0.214 e. The molecule has 3 rings (SSSR count). The van der Waals surface area contributed by atoms with E-state index in [0.29, 0.717) is 6.42 Å². The van der Waals surface area contributed by atoms with Crippen LogP contribution in [0.1, 0.15) is 32.1 Å². The largest absolute Gasteiger partial charge is 0.291 e. The molecular weight excluding hydrogens is 222 g/mol. The van der Waals surface area contributed by atoms with Gasteiger partial charge in [0, 0.05) is 29.6 Å². The Labute approximate surface area is 98.7 Å². The molecule has 0 bridgehead atoms. The van der Waals surface area contributed by atoms with Crippen LogP contribution < -0.4 is 0 Å². The first kappa shape index (κ1) is 10.9. The quantitative estimate of drug-likeness (QED) is 0.390. The van der Waals surface area contributed by atoms with Gasteiger partial charge in [-0.25, -0.2) is 0 Å². The minimum Gasteiger partial charge on any atom is -0.291 e. The third-order valence-electron chi connectivity index (χ3n) is 4.88. The van der Waals surface area contributed by atoms with Crippen LogP contribution >= 0.6 is 0 Å². The molecule has 0 spiro atoms. The van der Waals surface area contributed by atoms with E-state index in [0.717, 1.165) is 19.3 Å². The molecule has 5 heteroatoms. The zero-order chi connectivity index (χ0) is 12.2. The van der Waals surface area contributed by atoms with Crippen LogP contribution in [0.25, 0.3) is 0 Å².